The molecule has 4 aliphatic rings. The maximum atomic E-state index is 17.3. The molecule has 0 aromatic heterocycles. The zero-order valence-corrected chi connectivity index (χ0v) is 22.3. The van der Waals surface area contributed by atoms with Gasteiger partial charge in [-0.25, -0.2) is 8.78 Å². The Morgan fingerprint density at radius 3 is 2.58 bits per heavy atom. The molecule has 0 aromatic carbocycles. The van der Waals surface area contributed by atoms with Gasteiger partial charge in [0.15, 0.2) is 22.9 Å². The van der Waals surface area contributed by atoms with Gasteiger partial charge in [0.2, 0.25) is 5.78 Å². The Labute approximate surface area is 216 Å². The van der Waals surface area contributed by atoms with Crippen LogP contribution in [0.1, 0.15) is 79.1 Å². The van der Waals surface area contributed by atoms with Crippen molar-refractivity contribution >= 4 is 29.1 Å². The highest BCUT2D eigenvalue weighted by Crippen LogP contribution is 2.71. The summed E-state index contributed by atoms with van der Waals surface area (Å²) in [5, 5.41) is 11.5. The van der Waals surface area contributed by atoms with Gasteiger partial charge in [0.25, 0.3) is 0 Å². The molecular weight excluding hydrogens is 490 g/mol. The Kier molecular flexibility index (Phi) is 7.09. The lowest BCUT2D eigenvalue weighted by Gasteiger charge is -2.62. The van der Waals surface area contributed by atoms with E-state index in [0.717, 1.165) is 18.9 Å². The lowest BCUT2D eigenvalue weighted by Crippen LogP contribution is -2.70. The second-order valence-electron chi connectivity index (χ2n) is 11.7. The first-order valence-electron chi connectivity index (χ1n) is 13.2. The Bertz CT molecular complexity index is 1030. The predicted octanol–water partition coefficient (Wildman–Crippen LogP) is 5.57. The minimum atomic E-state index is -2.25. The molecule has 0 radical (unpaired) electrons. The molecule has 200 valence electrons. The highest BCUT2D eigenvalue weighted by molar-refractivity contribution is 6.29. The maximum Gasteiger partial charge on any atom is 0.306 e. The van der Waals surface area contributed by atoms with E-state index in [4.69, 9.17) is 16.3 Å². The van der Waals surface area contributed by atoms with Gasteiger partial charge in [-0.15, -0.1) is 11.6 Å². The van der Waals surface area contributed by atoms with Gasteiger partial charge < -0.3 is 9.84 Å². The summed E-state index contributed by atoms with van der Waals surface area (Å²) in [7, 11) is 0. The first-order chi connectivity index (χ1) is 16.8. The minimum absolute atomic E-state index is 0.0906. The number of ketones is 2. The number of aliphatic hydroxyl groups excluding tert-OH is 1. The van der Waals surface area contributed by atoms with Gasteiger partial charge in [0.05, 0.1) is 12.0 Å². The van der Waals surface area contributed by atoms with Crippen LogP contribution in [0.15, 0.2) is 23.6 Å². The minimum Gasteiger partial charge on any atom is -0.450 e. The smallest absolute Gasteiger partial charge is 0.306 e. The second-order valence-corrected chi connectivity index (χ2v) is 12.0. The van der Waals surface area contributed by atoms with Crippen molar-refractivity contribution in [2.24, 2.45) is 28.6 Å². The summed E-state index contributed by atoms with van der Waals surface area (Å²) in [5.74, 6) is -4.58. The molecule has 4 rings (SSSR count). The van der Waals surface area contributed by atoms with Crippen molar-refractivity contribution in [2.75, 3.05) is 5.88 Å². The van der Waals surface area contributed by atoms with E-state index in [2.05, 4.69) is 0 Å². The van der Waals surface area contributed by atoms with Gasteiger partial charge in [-0.05, 0) is 56.6 Å². The summed E-state index contributed by atoms with van der Waals surface area (Å²) in [4.78, 5) is 38.5. The third-order valence-electron chi connectivity index (χ3n) is 10.1. The number of halogens is 3. The summed E-state index contributed by atoms with van der Waals surface area (Å²) in [6.45, 7) is 7.21. The molecule has 0 amide bonds. The number of Topliss-reactive ketones (excluding diaryl/α,β-unsaturated/α-hetero) is 1. The molecule has 36 heavy (non-hydrogen) atoms. The Morgan fingerprint density at radius 2 is 1.94 bits per heavy atom. The Morgan fingerprint density at radius 1 is 1.25 bits per heavy atom. The Balaban J connectivity index is 1.78. The van der Waals surface area contributed by atoms with Crippen LogP contribution in [0, 0.1) is 28.6 Å². The molecule has 0 aliphatic heterocycles. The van der Waals surface area contributed by atoms with Crippen molar-refractivity contribution in [3.63, 3.8) is 0 Å². The number of aliphatic hydroxyl groups is 1. The van der Waals surface area contributed by atoms with Crippen LogP contribution in [0.25, 0.3) is 0 Å². The van der Waals surface area contributed by atoms with Gasteiger partial charge >= 0.3 is 5.97 Å². The third-order valence-corrected chi connectivity index (χ3v) is 10.3. The molecule has 2 unspecified atom stereocenters. The van der Waals surface area contributed by atoms with Crippen molar-refractivity contribution in [3.8, 4) is 0 Å². The summed E-state index contributed by atoms with van der Waals surface area (Å²) in [6.07, 6.45) is 4.13. The van der Waals surface area contributed by atoms with E-state index >= 15 is 4.39 Å². The summed E-state index contributed by atoms with van der Waals surface area (Å²) >= 11 is 6.07. The van der Waals surface area contributed by atoms with Crippen LogP contribution < -0.4 is 0 Å². The van der Waals surface area contributed by atoms with Gasteiger partial charge in [-0.3, -0.25) is 14.4 Å². The molecule has 0 spiro atoms. The highest BCUT2D eigenvalue weighted by Gasteiger charge is 2.77. The number of fused-ring (bicyclic) bond motifs is 5. The molecule has 0 heterocycles. The number of carbonyl (C=O) groups is 3. The van der Waals surface area contributed by atoms with Crippen molar-refractivity contribution in [3.05, 3.63) is 23.6 Å². The Hall–Kier alpha value is -1.60. The maximum absolute atomic E-state index is 17.3. The van der Waals surface area contributed by atoms with Gasteiger partial charge in [-0.1, -0.05) is 39.7 Å². The molecular formula is C28H37ClF2O5. The average molecular weight is 527 g/mol. The van der Waals surface area contributed by atoms with E-state index in [-0.39, 0.29) is 37.1 Å². The normalized spacial score (nSPS) is 43.6. The fraction of sp³-hybridized carbons (Fsp3) is 0.750. The number of ether oxygens (including phenoxy) is 1. The SMILES string of the molecule is CCCCCC(=O)O[C@]1(C(=O)CCl)C(C)C[C@H]2[C@@H]3CCC4=C(F)C(=O)C=C[C@]4(C)[C@@]3(F)C(O)C[C@@]21C. The number of allylic oxidation sites excluding steroid dienone is 4. The van der Waals surface area contributed by atoms with Crippen LogP contribution >= 0.6 is 11.6 Å². The summed E-state index contributed by atoms with van der Waals surface area (Å²) in [6, 6.07) is 0. The largest absolute Gasteiger partial charge is 0.450 e. The van der Waals surface area contributed by atoms with Crippen molar-refractivity contribution in [2.45, 2.75) is 96.4 Å². The molecule has 3 saturated carbocycles. The molecule has 4 aliphatic carbocycles. The lowest BCUT2D eigenvalue weighted by molar-refractivity contribution is -0.227. The lowest BCUT2D eigenvalue weighted by atomic mass is 9.44. The van der Waals surface area contributed by atoms with Gasteiger partial charge in [0, 0.05) is 29.1 Å². The number of hydrogen-bond acceptors (Lipinski definition) is 5. The second kappa shape index (κ2) is 9.30. The third kappa shape index (κ3) is 3.44. The molecule has 8 heteroatoms. The van der Waals surface area contributed by atoms with E-state index in [1.54, 1.807) is 6.92 Å². The molecule has 0 saturated heterocycles. The fourth-order valence-corrected chi connectivity index (χ4v) is 8.53. The average Bonchev–Trinajstić information content (AvgIpc) is 3.04. The van der Waals surface area contributed by atoms with E-state index < -0.39 is 69.3 Å². The summed E-state index contributed by atoms with van der Waals surface area (Å²) < 4.78 is 38.3. The quantitative estimate of drug-likeness (QED) is 0.266. The van der Waals surface area contributed by atoms with E-state index in [1.165, 1.54) is 6.08 Å². The van der Waals surface area contributed by atoms with Crippen LogP contribution in [0.3, 0.4) is 0 Å². The first-order valence-corrected chi connectivity index (χ1v) is 13.7. The number of rotatable bonds is 7. The fourth-order valence-electron chi connectivity index (χ4n) is 8.33. The van der Waals surface area contributed by atoms with Gasteiger partial charge in [-0.2, -0.15) is 0 Å². The zero-order chi connectivity index (χ0) is 26.7. The standard InChI is InChI=1S/C28H37ClF2O5/c1-5-6-7-8-23(35)36-28(22(34)15-29)16(2)13-19-17-9-10-18-24(30)20(32)11-12-25(18,3)27(17,31)21(33)14-26(19,28)4/h11-12,16-17,19,21,33H,5-10,13-15H2,1-4H3/t16?,17-,19-,21?,25-,26-,27-,28-/m0/s1. The number of alkyl halides is 2. The van der Waals surface area contributed by atoms with E-state index in [0.29, 0.717) is 12.8 Å². The van der Waals surface area contributed by atoms with Crippen LogP contribution in [-0.4, -0.2) is 45.9 Å². The molecule has 5 nitrogen and oxygen atoms in total. The first kappa shape index (κ1) is 27.4. The molecule has 0 aromatic rings. The van der Waals surface area contributed by atoms with Crippen LogP contribution in [0.5, 0.6) is 0 Å². The van der Waals surface area contributed by atoms with Crippen molar-refractivity contribution < 1.29 is 33.0 Å². The predicted molar refractivity (Wildman–Crippen MR) is 132 cm³/mol. The molecule has 8 atom stereocenters. The molecule has 1 N–H and O–H groups in total. The number of carbonyl (C=O) groups excluding carboxylic acids is 3. The molecule has 0 bridgehead atoms. The van der Waals surface area contributed by atoms with Gasteiger partial charge in [0.1, 0.15) is 0 Å². The van der Waals surface area contributed by atoms with Crippen LogP contribution in [-0.2, 0) is 19.1 Å². The zero-order valence-electron chi connectivity index (χ0n) is 21.5. The number of esters is 1. The van der Waals surface area contributed by atoms with E-state index in [1.807, 2.05) is 20.8 Å². The monoisotopic (exact) mass is 526 g/mol. The molecule has 3 fully saturated rings. The number of unbranched alkanes of at least 4 members (excludes halogenated alkanes) is 2. The topological polar surface area (TPSA) is 80.7 Å². The number of hydrogen-bond donors (Lipinski definition) is 1. The van der Waals surface area contributed by atoms with Crippen molar-refractivity contribution in [1.29, 1.82) is 0 Å². The van der Waals surface area contributed by atoms with Crippen LogP contribution in [0.4, 0.5) is 8.78 Å². The van der Waals surface area contributed by atoms with E-state index in [9.17, 15) is 23.9 Å². The highest BCUT2D eigenvalue weighted by atomic mass is 35.5. The van der Waals surface area contributed by atoms with Crippen LogP contribution in [0.2, 0.25) is 0 Å². The summed E-state index contributed by atoms with van der Waals surface area (Å²) in [5.41, 5.74) is -6.28. The van der Waals surface area contributed by atoms with Crippen molar-refractivity contribution in [1.82, 2.24) is 0 Å².